The number of morpholine rings is 1. The molecular formula is C21H34N4O3. The Morgan fingerprint density at radius 1 is 1.36 bits per heavy atom. The fourth-order valence-electron chi connectivity index (χ4n) is 5.49. The zero-order valence-electron chi connectivity index (χ0n) is 17.3. The standard InChI is InChI=1S/C21H34N4O3/c1-3-28-20(26)21-6-4-18(25-8-10-27-11-9-25)12-17(21)5-7-24(14-21)13-19-16(2)22-15-23-19/h15,17-18H,3-14H2,1-2H3,(H,22,23)/t17-,18-,21-/m1/s1. The van der Waals surface area contributed by atoms with Crippen LogP contribution in [0.5, 0.6) is 0 Å². The maximum Gasteiger partial charge on any atom is 0.313 e. The van der Waals surface area contributed by atoms with Gasteiger partial charge < -0.3 is 14.5 Å². The van der Waals surface area contributed by atoms with Gasteiger partial charge in [-0.3, -0.25) is 14.6 Å². The van der Waals surface area contributed by atoms with Crippen molar-refractivity contribution >= 4 is 5.97 Å². The summed E-state index contributed by atoms with van der Waals surface area (Å²) in [5, 5.41) is 0. The Bertz CT molecular complexity index is 672. The number of ether oxygens (including phenoxy) is 2. The Hall–Kier alpha value is -1.44. The SMILES string of the molecule is CCOC(=O)[C@@]12CC[C@@H](N3CCOCC3)C[C@H]1CCN(Cc1nc[nH]c1C)C2. The van der Waals surface area contributed by atoms with Crippen molar-refractivity contribution < 1.29 is 14.3 Å². The topological polar surface area (TPSA) is 70.7 Å². The molecule has 1 aromatic rings. The minimum atomic E-state index is -0.360. The van der Waals surface area contributed by atoms with Crippen molar-refractivity contribution in [3.05, 3.63) is 17.7 Å². The average Bonchev–Trinajstić information content (AvgIpc) is 3.12. The fraction of sp³-hybridized carbons (Fsp3) is 0.810. The van der Waals surface area contributed by atoms with Gasteiger partial charge in [0.05, 0.1) is 37.3 Å². The number of nitrogens with one attached hydrogen (secondary N) is 1. The normalized spacial score (nSPS) is 32.1. The molecule has 3 atom stereocenters. The van der Waals surface area contributed by atoms with Crippen LogP contribution >= 0.6 is 0 Å². The summed E-state index contributed by atoms with van der Waals surface area (Å²) in [6.45, 7) is 10.8. The number of hydrogen-bond donors (Lipinski definition) is 1. The molecule has 2 aliphatic heterocycles. The van der Waals surface area contributed by atoms with Crippen molar-refractivity contribution in [3.8, 4) is 0 Å². The van der Waals surface area contributed by atoms with E-state index < -0.39 is 0 Å². The van der Waals surface area contributed by atoms with Crippen LogP contribution in [0.4, 0.5) is 0 Å². The maximum atomic E-state index is 13.1. The smallest absolute Gasteiger partial charge is 0.313 e. The fourth-order valence-corrected chi connectivity index (χ4v) is 5.49. The van der Waals surface area contributed by atoms with Crippen molar-refractivity contribution in [2.24, 2.45) is 11.3 Å². The molecule has 0 amide bonds. The van der Waals surface area contributed by atoms with Gasteiger partial charge in [-0.25, -0.2) is 4.98 Å². The van der Waals surface area contributed by atoms with Gasteiger partial charge in [0.2, 0.25) is 0 Å². The van der Waals surface area contributed by atoms with Gasteiger partial charge in [0.15, 0.2) is 0 Å². The minimum absolute atomic E-state index is 0.0175. The molecule has 3 aliphatic rings. The van der Waals surface area contributed by atoms with E-state index in [4.69, 9.17) is 9.47 Å². The molecule has 0 aromatic carbocycles. The molecule has 7 heteroatoms. The van der Waals surface area contributed by atoms with E-state index >= 15 is 0 Å². The molecule has 1 N–H and O–H groups in total. The number of H-pyrrole nitrogens is 1. The molecule has 0 spiro atoms. The Morgan fingerprint density at radius 3 is 2.89 bits per heavy atom. The molecule has 156 valence electrons. The van der Waals surface area contributed by atoms with E-state index in [2.05, 4.69) is 26.7 Å². The van der Waals surface area contributed by atoms with Crippen LogP contribution in [0.25, 0.3) is 0 Å². The number of aryl methyl sites for hydroxylation is 1. The molecular weight excluding hydrogens is 356 g/mol. The van der Waals surface area contributed by atoms with Gasteiger partial charge in [-0.15, -0.1) is 0 Å². The van der Waals surface area contributed by atoms with Gasteiger partial charge in [0.25, 0.3) is 0 Å². The molecule has 1 saturated carbocycles. The summed E-state index contributed by atoms with van der Waals surface area (Å²) >= 11 is 0. The van der Waals surface area contributed by atoms with Gasteiger partial charge in [-0.2, -0.15) is 0 Å². The summed E-state index contributed by atoms with van der Waals surface area (Å²) in [4.78, 5) is 25.8. The lowest BCUT2D eigenvalue weighted by Crippen LogP contribution is -2.58. The molecule has 3 fully saturated rings. The lowest BCUT2D eigenvalue weighted by Gasteiger charge is -2.52. The molecule has 2 saturated heterocycles. The van der Waals surface area contributed by atoms with Crippen LogP contribution in [-0.4, -0.2) is 77.8 Å². The van der Waals surface area contributed by atoms with Crippen molar-refractivity contribution in [3.63, 3.8) is 0 Å². The number of imidazole rings is 1. The van der Waals surface area contributed by atoms with Crippen LogP contribution in [0, 0.1) is 18.3 Å². The number of rotatable bonds is 5. The number of likely N-dealkylation sites (tertiary alicyclic amines) is 1. The van der Waals surface area contributed by atoms with E-state index in [9.17, 15) is 4.79 Å². The van der Waals surface area contributed by atoms with Crippen LogP contribution in [0.3, 0.4) is 0 Å². The Labute approximate surface area is 167 Å². The molecule has 0 radical (unpaired) electrons. The van der Waals surface area contributed by atoms with Crippen molar-refractivity contribution in [2.75, 3.05) is 46.0 Å². The number of carbonyl (C=O) groups is 1. The first-order valence-corrected chi connectivity index (χ1v) is 10.8. The van der Waals surface area contributed by atoms with Crippen LogP contribution in [0.15, 0.2) is 6.33 Å². The molecule has 4 rings (SSSR count). The molecule has 0 unspecified atom stereocenters. The highest BCUT2D eigenvalue weighted by molar-refractivity contribution is 5.78. The summed E-state index contributed by atoms with van der Waals surface area (Å²) in [5.74, 6) is 0.425. The second-order valence-corrected chi connectivity index (χ2v) is 8.62. The Kier molecular flexibility index (Phi) is 6.04. The highest BCUT2D eigenvalue weighted by Gasteiger charge is 2.53. The van der Waals surface area contributed by atoms with E-state index in [0.29, 0.717) is 18.6 Å². The number of aromatic nitrogens is 2. The first-order valence-electron chi connectivity index (χ1n) is 10.8. The number of hydrogen-bond acceptors (Lipinski definition) is 6. The number of aromatic amines is 1. The predicted octanol–water partition coefficient (Wildman–Crippen LogP) is 1.97. The third kappa shape index (κ3) is 3.84. The summed E-state index contributed by atoms with van der Waals surface area (Å²) in [7, 11) is 0. The van der Waals surface area contributed by atoms with E-state index in [0.717, 1.165) is 83.0 Å². The number of esters is 1. The second-order valence-electron chi connectivity index (χ2n) is 8.62. The van der Waals surface area contributed by atoms with Crippen molar-refractivity contribution in [2.45, 2.75) is 52.1 Å². The van der Waals surface area contributed by atoms with Gasteiger partial charge in [-0.05, 0) is 52.0 Å². The average molecular weight is 391 g/mol. The Morgan fingerprint density at radius 2 is 2.18 bits per heavy atom. The summed E-state index contributed by atoms with van der Waals surface area (Å²) < 4.78 is 11.1. The number of carbonyl (C=O) groups excluding carboxylic acids is 1. The summed E-state index contributed by atoms with van der Waals surface area (Å²) in [6, 6.07) is 0.580. The largest absolute Gasteiger partial charge is 0.466 e. The van der Waals surface area contributed by atoms with Crippen molar-refractivity contribution in [1.82, 2.24) is 19.8 Å². The zero-order valence-corrected chi connectivity index (χ0v) is 17.3. The quantitative estimate of drug-likeness (QED) is 0.775. The van der Waals surface area contributed by atoms with Crippen LogP contribution in [0.2, 0.25) is 0 Å². The van der Waals surface area contributed by atoms with Crippen molar-refractivity contribution in [1.29, 1.82) is 0 Å². The highest BCUT2D eigenvalue weighted by Crippen LogP contribution is 2.48. The number of piperidine rings is 1. The zero-order chi connectivity index (χ0) is 19.6. The van der Waals surface area contributed by atoms with E-state index in [1.54, 1.807) is 6.33 Å². The number of fused-ring (bicyclic) bond motifs is 1. The van der Waals surface area contributed by atoms with E-state index in [1.165, 1.54) is 0 Å². The first kappa shape index (κ1) is 19.9. The van der Waals surface area contributed by atoms with Crippen LogP contribution < -0.4 is 0 Å². The lowest BCUT2D eigenvalue weighted by molar-refractivity contribution is -0.170. The highest BCUT2D eigenvalue weighted by atomic mass is 16.5. The molecule has 3 heterocycles. The number of nitrogens with zero attached hydrogens (tertiary/aromatic N) is 3. The lowest BCUT2D eigenvalue weighted by atomic mass is 9.61. The van der Waals surface area contributed by atoms with Gasteiger partial charge >= 0.3 is 5.97 Å². The first-order chi connectivity index (χ1) is 13.6. The van der Waals surface area contributed by atoms with Gasteiger partial charge in [-0.1, -0.05) is 0 Å². The van der Waals surface area contributed by atoms with Crippen LogP contribution in [-0.2, 0) is 20.8 Å². The second kappa shape index (κ2) is 8.51. The molecule has 7 nitrogen and oxygen atoms in total. The van der Waals surface area contributed by atoms with Gasteiger partial charge in [0.1, 0.15) is 0 Å². The minimum Gasteiger partial charge on any atom is -0.466 e. The van der Waals surface area contributed by atoms with E-state index in [1.807, 2.05) is 6.92 Å². The maximum absolute atomic E-state index is 13.1. The molecule has 28 heavy (non-hydrogen) atoms. The third-order valence-electron chi connectivity index (χ3n) is 7.11. The van der Waals surface area contributed by atoms with Crippen LogP contribution in [0.1, 0.15) is 44.0 Å². The molecule has 1 aliphatic carbocycles. The predicted molar refractivity (Wildman–Crippen MR) is 106 cm³/mol. The Balaban J connectivity index is 1.49. The molecule has 1 aromatic heterocycles. The van der Waals surface area contributed by atoms with Gasteiger partial charge in [0, 0.05) is 37.9 Å². The monoisotopic (exact) mass is 390 g/mol. The molecule has 0 bridgehead atoms. The van der Waals surface area contributed by atoms with E-state index in [-0.39, 0.29) is 11.4 Å². The summed E-state index contributed by atoms with van der Waals surface area (Å²) in [5.41, 5.74) is 1.84. The third-order valence-corrected chi connectivity index (χ3v) is 7.11. The summed E-state index contributed by atoms with van der Waals surface area (Å²) in [6.07, 6.45) is 5.92.